The first-order valence-electron chi connectivity index (χ1n) is 12.4. The zero-order chi connectivity index (χ0) is 25.7. The molecule has 0 saturated carbocycles. The van der Waals surface area contributed by atoms with E-state index in [1.54, 1.807) is 18.0 Å². The number of nitrogens with zero attached hydrogens (tertiary/aromatic N) is 2. The molecule has 0 spiro atoms. The Morgan fingerprint density at radius 1 is 1.15 bits per heavy atom. The minimum atomic E-state index is -1.00. The van der Waals surface area contributed by atoms with Crippen molar-refractivity contribution in [1.29, 1.82) is 0 Å². The Morgan fingerprint density at radius 3 is 2.15 bits per heavy atom. The number of rotatable bonds is 9. The molecule has 1 saturated heterocycles. The molecule has 2 amide bonds. The molecular weight excluding hydrogens is 418 g/mol. The third-order valence-corrected chi connectivity index (χ3v) is 6.90. The second kappa shape index (κ2) is 12.0. The fourth-order valence-corrected chi connectivity index (χ4v) is 4.58. The van der Waals surface area contributed by atoms with Crippen LogP contribution in [0.15, 0.2) is 11.6 Å². The summed E-state index contributed by atoms with van der Waals surface area (Å²) in [6.07, 6.45) is 4.53. The fourth-order valence-electron chi connectivity index (χ4n) is 4.58. The molecule has 0 aromatic carbocycles. The Bertz CT molecular complexity index is 724. The van der Waals surface area contributed by atoms with Gasteiger partial charge in [0.1, 0.15) is 6.04 Å². The zero-order valence-electron chi connectivity index (χ0n) is 22.4. The smallest absolute Gasteiger partial charge is 0.331 e. The van der Waals surface area contributed by atoms with Crippen LogP contribution >= 0.6 is 0 Å². The van der Waals surface area contributed by atoms with E-state index in [4.69, 9.17) is 0 Å². The Hall–Kier alpha value is -1.89. The molecule has 1 heterocycles. The largest absolute Gasteiger partial charge is 0.478 e. The van der Waals surface area contributed by atoms with Gasteiger partial charge < -0.3 is 15.3 Å². The predicted octanol–water partition coefficient (Wildman–Crippen LogP) is 3.93. The first-order chi connectivity index (χ1) is 15.1. The number of aliphatic carboxylic acids is 1. The Labute approximate surface area is 201 Å². The van der Waals surface area contributed by atoms with Crippen molar-refractivity contribution in [2.75, 3.05) is 13.6 Å². The minimum absolute atomic E-state index is 0.0188. The van der Waals surface area contributed by atoms with Crippen LogP contribution in [0, 0.1) is 17.3 Å². The number of likely N-dealkylation sites (N-methyl/N-ethyl adjacent to an activating group) is 1. The summed E-state index contributed by atoms with van der Waals surface area (Å²) in [5.41, 5.74) is -0.304. The molecule has 33 heavy (non-hydrogen) atoms. The van der Waals surface area contributed by atoms with Crippen molar-refractivity contribution in [3.8, 4) is 0 Å². The van der Waals surface area contributed by atoms with Crippen LogP contribution in [-0.2, 0) is 14.4 Å². The number of carboxylic acid groups (broad SMARTS) is 1. The van der Waals surface area contributed by atoms with Crippen molar-refractivity contribution in [2.45, 2.75) is 106 Å². The summed E-state index contributed by atoms with van der Waals surface area (Å²) in [5, 5.41) is 12.4. The number of piperidine rings is 1. The number of hydrogen-bond donors (Lipinski definition) is 2. The van der Waals surface area contributed by atoms with Crippen molar-refractivity contribution < 1.29 is 19.5 Å². The van der Waals surface area contributed by atoms with Gasteiger partial charge in [-0.05, 0) is 50.9 Å². The van der Waals surface area contributed by atoms with Gasteiger partial charge in [-0.2, -0.15) is 0 Å². The van der Waals surface area contributed by atoms with Crippen LogP contribution in [0.3, 0.4) is 0 Å². The van der Waals surface area contributed by atoms with Crippen LogP contribution in [0.25, 0.3) is 0 Å². The Morgan fingerprint density at radius 2 is 1.73 bits per heavy atom. The summed E-state index contributed by atoms with van der Waals surface area (Å²) < 4.78 is 0. The van der Waals surface area contributed by atoms with Gasteiger partial charge in [-0.1, -0.05) is 54.0 Å². The summed E-state index contributed by atoms with van der Waals surface area (Å²) in [5.74, 6) is -0.691. The monoisotopic (exact) mass is 465 g/mol. The lowest BCUT2D eigenvalue weighted by Crippen LogP contribution is -2.61. The molecule has 0 radical (unpaired) electrons. The van der Waals surface area contributed by atoms with E-state index in [0.29, 0.717) is 5.92 Å². The molecule has 1 aliphatic rings. The third kappa shape index (κ3) is 7.83. The number of hydrogen-bond acceptors (Lipinski definition) is 4. The maximum absolute atomic E-state index is 13.6. The van der Waals surface area contributed by atoms with Crippen molar-refractivity contribution in [3.05, 3.63) is 11.6 Å². The molecule has 1 rings (SSSR count). The summed E-state index contributed by atoms with van der Waals surface area (Å²) in [6.45, 7) is 18.6. The molecule has 0 aliphatic carbocycles. The normalized spacial score (nSPS) is 22.2. The van der Waals surface area contributed by atoms with E-state index in [9.17, 15) is 19.5 Å². The molecule has 0 bridgehead atoms. The lowest BCUT2D eigenvalue weighted by Gasteiger charge is -2.43. The van der Waals surface area contributed by atoms with Crippen LogP contribution in [-0.4, -0.2) is 70.4 Å². The highest BCUT2D eigenvalue weighted by Crippen LogP contribution is 2.28. The fraction of sp³-hybridized carbons (Fsp3) is 0.808. The van der Waals surface area contributed by atoms with Gasteiger partial charge in [-0.3, -0.25) is 14.5 Å². The third-order valence-electron chi connectivity index (χ3n) is 6.90. The maximum Gasteiger partial charge on any atom is 0.331 e. The van der Waals surface area contributed by atoms with Crippen LogP contribution in [0.4, 0.5) is 0 Å². The zero-order valence-corrected chi connectivity index (χ0v) is 22.4. The van der Waals surface area contributed by atoms with Gasteiger partial charge in [0, 0.05) is 25.2 Å². The van der Waals surface area contributed by atoms with E-state index in [1.165, 1.54) is 6.92 Å². The molecular formula is C26H47N3O4. The highest BCUT2D eigenvalue weighted by molar-refractivity contribution is 5.91. The van der Waals surface area contributed by atoms with Crippen molar-refractivity contribution in [2.24, 2.45) is 17.3 Å². The molecule has 0 aromatic heterocycles. The topological polar surface area (TPSA) is 90.0 Å². The highest BCUT2D eigenvalue weighted by atomic mass is 16.4. The number of amides is 2. The van der Waals surface area contributed by atoms with E-state index in [1.807, 2.05) is 34.6 Å². The number of nitrogens with one attached hydrogen (secondary N) is 1. The molecule has 1 fully saturated rings. The average Bonchev–Trinajstić information content (AvgIpc) is 2.72. The second-order valence-corrected chi connectivity index (χ2v) is 11.3. The number of carboxylic acids is 1. The molecule has 2 N–H and O–H groups in total. The molecule has 0 unspecified atom stereocenters. The first kappa shape index (κ1) is 29.1. The van der Waals surface area contributed by atoms with Gasteiger partial charge >= 0.3 is 5.97 Å². The predicted molar refractivity (Wildman–Crippen MR) is 133 cm³/mol. The SMILES string of the molecule is CC[C@H]1CC[C@@H](C(=O)N[C@H](C(=O)N(C)[C@H](C=C(C)C(=O)O)C(C)C)C(C)(C)C)N(C(C)C)C1. The van der Waals surface area contributed by atoms with Gasteiger partial charge in [0.15, 0.2) is 0 Å². The van der Waals surface area contributed by atoms with Gasteiger partial charge in [-0.25, -0.2) is 4.79 Å². The van der Waals surface area contributed by atoms with Crippen LogP contribution in [0.5, 0.6) is 0 Å². The molecule has 0 aromatic rings. The van der Waals surface area contributed by atoms with E-state index in [2.05, 4.69) is 31.0 Å². The van der Waals surface area contributed by atoms with E-state index in [-0.39, 0.29) is 41.4 Å². The average molecular weight is 466 g/mol. The van der Waals surface area contributed by atoms with Gasteiger partial charge in [0.2, 0.25) is 11.8 Å². The van der Waals surface area contributed by atoms with Crippen molar-refractivity contribution in [3.63, 3.8) is 0 Å². The summed E-state index contributed by atoms with van der Waals surface area (Å²) >= 11 is 0. The number of carbonyl (C=O) groups excluding carboxylic acids is 2. The summed E-state index contributed by atoms with van der Waals surface area (Å²) in [4.78, 5) is 42.3. The lowest BCUT2D eigenvalue weighted by atomic mass is 9.84. The van der Waals surface area contributed by atoms with Crippen molar-refractivity contribution in [1.82, 2.24) is 15.1 Å². The molecule has 7 heteroatoms. The van der Waals surface area contributed by atoms with Gasteiger partial charge in [0.25, 0.3) is 0 Å². The van der Waals surface area contributed by atoms with Gasteiger partial charge in [0.05, 0.1) is 12.1 Å². The number of carbonyl (C=O) groups is 3. The first-order valence-corrected chi connectivity index (χ1v) is 12.4. The quantitative estimate of drug-likeness (QED) is 0.504. The van der Waals surface area contributed by atoms with E-state index in [0.717, 1.165) is 25.8 Å². The minimum Gasteiger partial charge on any atom is -0.478 e. The highest BCUT2D eigenvalue weighted by Gasteiger charge is 2.40. The molecule has 1 aliphatic heterocycles. The van der Waals surface area contributed by atoms with Crippen LogP contribution in [0.1, 0.15) is 81.6 Å². The summed E-state index contributed by atoms with van der Waals surface area (Å²) in [7, 11) is 1.69. The standard InChI is InChI=1S/C26H47N3O4/c1-11-19-12-13-20(29(15-19)17(4)5)23(30)27-22(26(7,8)9)24(31)28(10)21(16(2)3)14-18(6)25(32)33/h14,16-17,19-22H,11-13,15H2,1-10H3,(H,27,30)(H,32,33)/t19-,20-,21+,22+/m0/s1. The van der Waals surface area contributed by atoms with E-state index < -0.39 is 17.4 Å². The van der Waals surface area contributed by atoms with E-state index >= 15 is 0 Å². The Balaban J connectivity index is 3.17. The second-order valence-electron chi connectivity index (χ2n) is 11.3. The molecule has 190 valence electrons. The maximum atomic E-state index is 13.6. The molecule has 7 nitrogen and oxygen atoms in total. The molecule has 4 atom stereocenters. The lowest BCUT2D eigenvalue weighted by molar-refractivity contribution is -0.142. The van der Waals surface area contributed by atoms with Crippen LogP contribution < -0.4 is 5.32 Å². The van der Waals surface area contributed by atoms with Crippen molar-refractivity contribution >= 4 is 17.8 Å². The van der Waals surface area contributed by atoms with Gasteiger partial charge in [-0.15, -0.1) is 0 Å². The van der Waals surface area contributed by atoms with Crippen LogP contribution in [0.2, 0.25) is 0 Å². The Kier molecular flexibility index (Phi) is 10.6. The number of likely N-dealkylation sites (tertiary alicyclic amines) is 1. The summed E-state index contributed by atoms with van der Waals surface area (Å²) in [6, 6.07) is -1.10.